The molecule has 1 unspecified atom stereocenters. The van der Waals surface area contributed by atoms with Crippen LogP contribution in [0.5, 0.6) is 0 Å². The van der Waals surface area contributed by atoms with E-state index in [1.807, 2.05) is 36.4 Å². The third kappa shape index (κ3) is 4.72. The number of nitrogens with one attached hydrogen (secondary N) is 2. The molecular formula is C24H24N4O5. The van der Waals surface area contributed by atoms with Crippen molar-refractivity contribution in [1.82, 2.24) is 15.1 Å². The number of alkyl carbamates (subject to hydrolysis) is 1. The van der Waals surface area contributed by atoms with Gasteiger partial charge in [-0.1, -0.05) is 48.5 Å². The van der Waals surface area contributed by atoms with E-state index in [0.29, 0.717) is 0 Å². The highest BCUT2D eigenvalue weighted by atomic mass is 16.5. The number of anilines is 1. The first kappa shape index (κ1) is 22.1. The number of nitrogens with zero attached hydrogens (tertiary/aromatic N) is 2. The van der Waals surface area contributed by atoms with E-state index in [0.717, 1.165) is 22.3 Å². The van der Waals surface area contributed by atoms with Crippen LogP contribution in [-0.2, 0) is 16.6 Å². The molecule has 0 bridgehead atoms. The number of hydrogen-bond acceptors (Lipinski definition) is 5. The number of carbonyl (C=O) groups is 3. The van der Waals surface area contributed by atoms with E-state index in [4.69, 9.17) is 9.84 Å². The summed E-state index contributed by atoms with van der Waals surface area (Å²) in [5.74, 6) is -1.74. The van der Waals surface area contributed by atoms with Gasteiger partial charge in [0.15, 0.2) is 5.69 Å². The van der Waals surface area contributed by atoms with Crippen LogP contribution in [0.2, 0.25) is 0 Å². The number of benzene rings is 2. The minimum Gasteiger partial charge on any atom is -0.476 e. The maximum absolute atomic E-state index is 12.4. The Labute approximate surface area is 190 Å². The standard InChI is InChI=1S/C24H24N4O5/c1-14(11-21(29)26-20-12-28(2)27-22(20)23(30)31)25-24(32)33-13-19-17-9-5-3-7-15(17)16-8-4-6-10-18(16)19/h3-10,12,14,19H,11,13H2,1-2H3,(H,25,32)(H,26,29)(H,30,31). The Bertz CT molecular complexity index is 1170. The monoisotopic (exact) mass is 448 g/mol. The van der Waals surface area contributed by atoms with Gasteiger partial charge in [0.2, 0.25) is 5.91 Å². The number of amides is 2. The zero-order chi connectivity index (χ0) is 23.5. The molecule has 2 aromatic carbocycles. The predicted molar refractivity (Wildman–Crippen MR) is 121 cm³/mol. The van der Waals surface area contributed by atoms with Crippen molar-refractivity contribution in [3.63, 3.8) is 0 Å². The molecule has 1 atom stereocenters. The van der Waals surface area contributed by atoms with Crippen molar-refractivity contribution in [1.29, 1.82) is 0 Å². The molecule has 33 heavy (non-hydrogen) atoms. The fourth-order valence-corrected chi connectivity index (χ4v) is 4.11. The van der Waals surface area contributed by atoms with Crippen molar-refractivity contribution in [3.8, 4) is 11.1 Å². The molecule has 0 fully saturated rings. The van der Waals surface area contributed by atoms with Crippen LogP contribution in [0.3, 0.4) is 0 Å². The van der Waals surface area contributed by atoms with Crippen LogP contribution in [-0.4, -0.2) is 45.5 Å². The number of aryl methyl sites for hydroxylation is 1. The van der Waals surface area contributed by atoms with Crippen molar-refractivity contribution < 1.29 is 24.2 Å². The molecule has 3 N–H and O–H groups in total. The van der Waals surface area contributed by atoms with Crippen LogP contribution in [0.1, 0.15) is 40.9 Å². The summed E-state index contributed by atoms with van der Waals surface area (Å²) in [7, 11) is 1.56. The average molecular weight is 448 g/mol. The molecule has 1 aliphatic carbocycles. The van der Waals surface area contributed by atoms with Gasteiger partial charge in [0.25, 0.3) is 0 Å². The number of aromatic nitrogens is 2. The third-order valence-electron chi connectivity index (χ3n) is 5.50. The molecule has 0 spiro atoms. The normalized spacial score (nSPS) is 13.0. The van der Waals surface area contributed by atoms with E-state index in [-0.39, 0.29) is 30.3 Å². The molecule has 1 heterocycles. The summed E-state index contributed by atoms with van der Waals surface area (Å²) < 4.78 is 6.79. The molecule has 170 valence electrons. The van der Waals surface area contributed by atoms with Gasteiger partial charge >= 0.3 is 12.1 Å². The predicted octanol–water partition coefficient (Wildman–Crippen LogP) is 3.37. The second kappa shape index (κ2) is 9.15. The van der Waals surface area contributed by atoms with Gasteiger partial charge in [-0.15, -0.1) is 0 Å². The number of aromatic carboxylic acids is 1. The summed E-state index contributed by atoms with van der Waals surface area (Å²) in [6.07, 6.45) is 0.730. The van der Waals surface area contributed by atoms with Crippen molar-refractivity contribution in [2.45, 2.75) is 25.3 Å². The molecule has 9 heteroatoms. The fraction of sp³-hybridized carbons (Fsp3) is 0.250. The molecule has 0 radical (unpaired) electrons. The summed E-state index contributed by atoms with van der Waals surface area (Å²) in [5, 5.41) is 18.1. The maximum Gasteiger partial charge on any atom is 0.407 e. The van der Waals surface area contributed by atoms with Crippen LogP contribution in [0.4, 0.5) is 10.5 Å². The van der Waals surface area contributed by atoms with Crippen molar-refractivity contribution in [2.75, 3.05) is 11.9 Å². The lowest BCUT2D eigenvalue weighted by molar-refractivity contribution is -0.116. The van der Waals surface area contributed by atoms with E-state index >= 15 is 0 Å². The lowest BCUT2D eigenvalue weighted by Crippen LogP contribution is -2.36. The first-order valence-electron chi connectivity index (χ1n) is 10.5. The average Bonchev–Trinajstić information content (AvgIpc) is 3.29. The van der Waals surface area contributed by atoms with Gasteiger partial charge in [0, 0.05) is 31.6 Å². The highest BCUT2D eigenvalue weighted by Gasteiger charge is 2.29. The van der Waals surface area contributed by atoms with E-state index in [1.54, 1.807) is 14.0 Å². The van der Waals surface area contributed by atoms with Crippen LogP contribution in [0, 0.1) is 0 Å². The molecule has 3 aromatic rings. The van der Waals surface area contributed by atoms with Crippen LogP contribution in [0.25, 0.3) is 11.1 Å². The number of carboxylic acid groups (broad SMARTS) is 1. The number of fused-ring (bicyclic) bond motifs is 3. The van der Waals surface area contributed by atoms with E-state index in [9.17, 15) is 14.4 Å². The highest BCUT2D eigenvalue weighted by Crippen LogP contribution is 2.44. The lowest BCUT2D eigenvalue weighted by atomic mass is 9.98. The SMILES string of the molecule is CC(CC(=O)Nc1cn(C)nc1C(=O)O)NC(=O)OCC1c2ccccc2-c2ccccc21. The van der Waals surface area contributed by atoms with Gasteiger partial charge in [-0.25, -0.2) is 9.59 Å². The van der Waals surface area contributed by atoms with Crippen LogP contribution >= 0.6 is 0 Å². The maximum atomic E-state index is 12.4. The third-order valence-corrected chi connectivity index (χ3v) is 5.50. The summed E-state index contributed by atoms with van der Waals surface area (Å²) in [4.78, 5) is 35.9. The molecule has 9 nitrogen and oxygen atoms in total. The Morgan fingerprint density at radius 2 is 1.70 bits per heavy atom. The van der Waals surface area contributed by atoms with Gasteiger partial charge in [-0.05, 0) is 29.2 Å². The molecule has 1 aliphatic rings. The zero-order valence-electron chi connectivity index (χ0n) is 18.2. The topological polar surface area (TPSA) is 123 Å². The van der Waals surface area contributed by atoms with Gasteiger partial charge < -0.3 is 20.5 Å². The van der Waals surface area contributed by atoms with Crippen LogP contribution < -0.4 is 10.6 Å². The number of carboxylic acids is 1. The Morgan fingerprint density at radius 3 is 2.30 bits per heavy atom. The van der Waals surface area contributed by atoms with Gasteiger partial charge in [0.1, 0.15) is 6.61 Å². The second-order valence-electron chi connectivity index (χ2n) is 7.99. The fourth-order valence-electron chi connectivity index (χ4n) is 4.11. The summed E-state index contributed by atoms with van der Waals surface area (Å²) in [6, 6.07) is 15.6. The highest BCUT2D eigenvalue weighted by molar-refractivity contribution is 5.99. The number of carbonyl (C=O) groups excluding carboxylic acids is 2. The first-order chi connectivity index (χ1) is 15.8. The Kier molecular flexibility index (Phi) is 6.12. The van der Waals surface area contributed by atoms with Crippen LogP contribution in [0.15, 0.2) is 54.7 Å². The number of hydrogen-bond donors (Lipinski definition) is 3. The zero-order valence-corrected chi connectivity index (χ0v) is 18.2. The second-order valence-corrected chi connectivity index (χ2v) is 7.99. The molecule has 0 saturated heterocycles. The van der Waals surface area contributed by atoms with Gasteiger partial charge in [-0.2, -0.15) is 5.10 Å². The van der Waals surface area contributed by atoms with Crippen molar-refractivity contribution in [3.05, 3.63) is 71.5 Å². The number of ether oxygens (including phenoxy) is 1. The quantitative estimate of drug-likeness (QED) is 0.509. The Hall–Kier alpha value is -4.14. The van der Waals surface area contributed by atoms with Gasteiger partial charge in [-0.3, -0.25) is 9.48 Å². The molecule has 2 amide bonds. The smallest absolute Gasteiger partial charge is 0.407 e. The summed E-state index contributed by atoms with van der Waals surface area (Å²) in [6.45, 7) is 1.85. The lowest BCUT2D eigenvalue weighted by Gasteiger charge is -2.17. The minimum atomic E-state index is -1.24. The molecule has 0 saturated carbocycles. The molecular weight excluding hydrogens is 424 g/mol. The molecule has 0 aliphatic heterocycles. The van der Waals surface area contributed by atoms with E-state index in [2.05, 4.69) is 27.9 Å². The van der Waals surface area contributed by atoms with E-state index < -0.39 is 24.0 Å². The van der Waals surface area contributed by atoms with Crippen molar-refractivity contribution in [2.24, 2.45) is 7.05 Å². The Morgan fingerprint density at radius 1 is 1.09 bits per heavy atom. The summed E-state index contributed by atoms with van der Waals surface area (Å²) in [5.41, 5.74) is 4.37. The Balaban J connectivity index is 1.31. The summed E-state index contributed by atoms with van der Waals surface area (Å²) >= 11 is 0. The largest absolute Gasteiger partial charge is 0.476 e. The molecule has 1 aromatic heterocycles. The van der Waals surface area contributed by atoms with E-state index in [1.165, 1.54) is 10.9 Å². The first-order valence-corrected chi connectivity index (χ1v) is 10.5. The minimum absolute atomic E-state index is 0.0539. The number of rotatable bonds is 7. The van der Waals surface area contributed by atoms with Crippen molar-refractivity contribution >= 4 is 23.7 Å². The molecule has 4 rings (SSSR count). The van der Waals surface area contributed by atoms with Gasteiger partial charge in [0.05, 0.1) is 5.69 Å².